The average molecular weight is 461 g/mol. The van der Waals surface area contributed by atoms with Crippen LogP contribution in [0.15, 0.2) is 72.9 Å². The highest BCUT2D eigenvalue weighted by atomic mass is 16.1. The maximum atomic E-state index is 12.5. The maximum Gasteiger partial charge on any atom is 0.179 e. The van der Waals surface area contributed by atoms with Gasteiger partial charge in [-0.2, -0.15) is 5.10 Å². The minimum atomic E-state index is 0.126. The molecule has 0 spiro atoms. The van der Waals surface area contributed by atoms with Crippen LogP contribution < -0.4 is 5.32 Å². The van der Waals surface area contributed by atoms with E-state index >= 15 is 0 Å². The Morgan fingerprint density at radius 3 is 2.71 bits per heavy atom. The van der Waals surface area contributed by atoms with Crippen LogP contribution in [0.5, 0.6) is 0 Å². The van der Waals surface area contributed by atoms with E-state index in [0.717, 1.165) is 49.8 Å². The molecule has 0 aliphatic heterocycles. The zero-order valence-electron chi connectivity index (χ0n) is 19.5. The number of Topliss-reactive ketones (excluding diaryl/α,β-unsaturated/α-hetero) is 1. The van der Waals surface area contributed by atoms with Crippen molar-refractivity contribution in [2.24, 2.45) is 5.92 Å². The number of aromatic amines is 2. The molecule has 0 saturated carbocycles. The number of para-hydroxylation sites is 1. The molecule has 0 unspecified atom stereocenters. The van der Waals surface area contributed by atoms with Crippen LogP contribution in [0, 0.1) is 5.92 Å². The van der Waals surface area contributed by atoms with E-state index in [0.29, 0.717) is 23.9 Å². The molecule has 3 aromatic heterocycles. The molecular formula is C28H24N6O. The summed E-state index contributed by atoms with van der Waals surface area (Å²) in [5.74, 6) is 1.78. The number of nitrogens with zero attached hydrogens (tertiary/aromatic N) is 3. The minimum absolute atomic E-state index is 0.126. The van der Waals surface area contributed by atoms with Gasteiger partial charge in [0.2, 0.25) is 0 Å². The topological polar surface area (TPSA) is 99.3 Å². The molecule has 0 fully saturated rings. The van der Waals surface area contributed by atoms with Crippen LogP contribution in [-0.4, -0.2) is 30.9 Å². The second-order valence-electron chi connectivity index (χ2n) is 9.22. The first-order valence-electron chi connectivity index (χ1n) is 11.7. The number of anilines is 2. The van der Waals surface area contributed by atoms with Gasteiger partial charge in [-0.15, -0.1) is 0 Å². The fourth-order valence-electron chi connectivity index (χ4n) is 4.36. The highest BCUT2D eigenvalue weighted by Crippen LogP contribution is 2.30. The Labute approximate surface area is 201 Å². The summed E-state index contributed by atoms with van der Waals surface area (Å²) in [6.45, 7) is 4.10. The van der Waals surface area contributed by atoms with E-state index in [2.05, 4.69) is 34.3 Å². The number of nitrogens with one attached hydrogen (secondary N) is 3. The first-order chi connectivity index (χ1) is 17.0. The quantitative estimate of drug-likeness (QED) is 0.242. The summed E-state index contributed by atoms with van der Waals surface area (Å²) in [6.07, 6.45) is 2.32. The van der Waals surface area contributed by atoms with E-state index in [9.17, 15) is 4.79 Å². The summed E-state index contributed by atoms with van der Waals surface area (Å²) >= 11 is 0. The molecule has 0 aliphatic rings. The van der Waals surface area contributed by atoms with Gasteiger partial charge in [0.25, 0.3) is 0 Å². The maximum absolute atomic E-state index is 12.5. The summed E-state index contributed by atoms with van der Waals surface area (Å²) in [5, 5.41) is 13.5. The molecule has 0 amide bonds. The molecule has 7 nitrogen and oxygen atoms in total. The Hall–Kier alpha value is -4.52. The second-order valence-corrected chi connectivity index (χ2v) is 9.22. The van der Waals surface area contributed by atoms with Crippen LogP contribution in [0.3, 0.4) is 0 Å². The predicted octanol–water partition coefficient (Wildman–Crippen LogP) is 6.63. The number of hydrogen-bond donors (Lipinski definition) is 3. The van der Waals surface area contributed by atoms with E-state index in [1.807, 2.05) is 66.7 Å². The smallest absolute Gasteiger partial charge is 0.179 e. The number of ketones is 1. The number of rotatable bonds is 6. The summed E-state index contributed by atoms with van der Waals surface area (Å²) in [7, 11) is 0. The van der Waals surface area contributed by atoms with Gasteiger partial charge >= 0.3 is 0 Å². The Bertz CT molecular complexity index is 1710. The van der Waals surface area contributed by atoms with Crippen LogP contribution in [0.4, 0.5) is 11.5 Å². The van der Waals surface area contributed by atoms with Crippen molar-refractivity contribution in [2.45, 2.75) is 20.3 Å². The Balaban J connectivity index is 1.41. The standard InChI is InChI=1S/C28H24N6O/c1-16(2)11-26(35)25-13-17-7-8-18(14-24(17)31-25)27-32-23-6-4-3-5-21(23)28(33-27)30-20-9-10-22-19(12-20)15-29-34-22/h3-10,12-16,31H,11H2,1-2H3,(H,29,34)(H,30,32,33). The summed E-state index contributed by atoms with van der Waals surface area (Å²) in [5.41, 5.74) is 5.16. The SMILES string of the molecule is CC(C)CC(=O)c1cc2ccc(-c3nc(Nc4ccc5[nH]ncc5c4)c4ccccc4n3)cc2[nH]1. The Morgan fingerprint density at radius 1 is 0.943 bits per heavy atom. The largest absolute Gasteiger partial charge is 0.352 e. The van der Waals surface area contributed by atoms with Crippen molar-refractivity contribution in [1.29, 1.82) is 0 Å². The zero-order valence-corrected chi connectivity index (χ0v) is 19.5. The Morgan fingerprint density at radius 2 is 1.83 bits per heavy atom. The van der Waals surface area contributed by atoms with Crippen molar-refractivity contribution in [1.82, 2.24) is 25.1 Å². The lowest BCUT2D eigenvalue weighted by molar-refractivity contribution is 0.0964. The monoisotopic (exact) mass is 460 g/mol. The van der Waals surface area contributed by atoms with Crippen LogP contribution >= 0.6 is 0 Å². The van der Waals surface area contributed by atoms with Gasteiger partial charge in [-0.05, 0) is 48.4 Å². The molecule has 0 saturated heterocycles. The molecule has 7 heteroatoms. The molecule has 35 heavy (non-hydrogen) atoms. The zero-order chi connectivity index (χ0) is 23.9. The van der Waals surface area contributed by atoms with Crippen LogP contribution in [-0.2, 0) is 0 Å². The third-order valence-corrected chi connectivity index (χ3v) is 6.08. The van der Waals surface area contributed by atoms with Crippen LogP contribution in [0.1, 0.15) is 30.8 Å². The first kappa shape index (κ1) is 21.0. The number of hydrogen-bond acceptors (Lipinski definition) is 5. The van der Waals surface area contributed by atoms with E-state index in [-0.39, 0.29) is 5.78 Å². The summed E-state index contributed by atoms with van der Waals surface area (Å²) < 4.78 is 0. The Kier molecular flexibility index (Phi) is 5.03. The van der Waals surface area contributed by atoms with Gasteiger partial charge in [0.15, 0.2) is 11.6 Å². The third-order valence-electron chi connectivity index (χ3n) is 6.08. The molecule has 6 rings (SSSR count). The van der Waals surface area contributed by atoms with Gasteiger partial charge in [-0.3, -0.25) is 9.89 Å². The van der Waals surface area contributed by atoms with Crippen molar-refractivity contribution in [3.05, 3.63) is 78.6 Å². The molecule has 6 aromatic rings. The normalized spacial score (nSPS) is 11.6. The predicted molar refractivity (Wildman–Crippen MR) is 140 cm³/mol. The van der Waals surface area contributed by atoms with E-state index < -0.39 is 0 Å². The molecule has 0 aliphatic carbocycles. The van der Waals surface area contributed by atoms with Crippen molar-refractivity contribution in [3.63, 3.8) is 0 Å². The number of benzene rings is 3. The fourth-order valence-corrected chi connectivity index (χ4v) is 4.36. The number of carbonyl (C=O) groups excluding carboxylic acids is 1. The highest BCUT2D eigenvalue weighted by molar-refractivity contribution is 6.00. The van der Waals surface area contributed by atoms with Gasteiger partial charge in [0.05, 0.1) is 22.9 Å². The van der Waals surface area contributed by atoms with Crippen molar-refractivity contribution in [3.8, 4) is 11.4 Å². The van der Waals surface area contributed by atoms with Crippen molar-refractivity contribution < 1.29 is 4.79 Å². The number of aromatic nitrogens is 5. The highest BCUT2D eigenvalue weighted by Gasteiger charge is 2.14. The molecule has 172 valence electrons. The summed E-state index contributed by atoms with van der Waals surface area (Å²) in [4.78, 5) is 25.6. The van der Waals surface area contributed by atoms with Gasteiger partial charge in [-0.1, -0.05) is 38.1 Å². The summed E-state index contributed by atoms with van der Waals surface area (Å²) in [6, 6.07) is 21.9. The second kappa shape index (κ2) is 8.36. The first-order valence-corrected chi connectivity index (χ1v) is 11.7. The van der Waals surface area contributed by atoms with Crippen molar-refractivity contribution >= 4 is 50.0 Å². The molecule has 0 atom stereocenters. The lowest BCUT2D eigenvalue weighted by atomic mass is 10.1. The minimum Gasteiger partial charge on any atom is -0.352 e. The van der Waals surface area contributed by atoms with E-state index in [4.69, 9.17) is 9.97 Å². The number of fused-ring (bicyclic) bond motifs is 3. The molecule has 3 heterocycles. The number of H-pyrrole nitrogens is 2. The van der Waals surface area contributed by atoms with Gasteiger partial charge in [0, 0.05) is 39.3 Å². The van der Waals surface area contributed by atoms with E-state index in [1.54, 1.807) is 6.20 Å². The van der Waals surface area contributed by atoms with Gasteiger partial charge in [0.1, 0.15) is 5.82 Å². The van der Waals surface area contributed by atoms with Crippen molar-refractivity contribution in [2.75, 3.05) is 5.32 Å². The molecule has 0 bridgehead atoms. The van der Waals surface area contributed by atoms with E-state index in [1.165, 1.54) is 0 Å². The van der Waals surface area contributed by atoms with Crippen LogP contribution in [0.25, 0.3) is 44.1 Å². The lowest BCUT2D eigenvalue weighted by Crippen LogP contribution is -2.03. The lowest BCUT2D eigenvalue weighted by Gasteiger charge is -2.11. The van der Waals surface area contributed by atoms with Crippen LogP contribution in [0.2, 0.25) is 0 Å². The number of carbonyl (C=O) groups is 1. The fraction of sp³-hybridized carbons (Fsp3) is 0.143. The van der Waals surface area contributed by atoms with Gasteiger partial charge in [-0.25, -0.2) is 9.97 Å². The molecule has 0 radical (unpaired) electrons. The third kappa shape index (κ3) is 4.01. The van der Waals surface area contributed by atoms with Gasteiger partial charge < -0.3 is 10.3 Å². The molecule has 3 aromatic carbocycles. The average Bonchev–Trinajstić information content (AvgIpc) is 3.50. The molecular weight excluding hydrogens is 436 g/mol. The molecule has 3 N–H and O–H groups in total.